The number of benzene rings is 1. The van der Waals surface area contributed by atoms with Gasteiger partial charge in [-0.1, -0.05) is 17.3 Å². The molecule has 5 heteroatoms. The van der Waals surface area contributed by atoms with E-state index in [9.17, 15) is 0 Å². The molecule has 18 heavy (non-hydrogen) atoms. The van der Waals surface area contributed by atoms with Crippen molar-refractivity contribution in [3.8, 4) is 5.75 Å². The lowest BCUT2D eigenvalue weighted by atomic mass is 10.1. The Kier molecular flexibility index (Phi) is 3.94. The number of ether oxygens (including phenoxy) is 1. The molecule has 0 saturated carbocycles. The van der Waals surface area contributed by atoms with E-state index in [1.165, 1.54) is 5.56 Å². The van der Waals surface area contributed by atoms with Crippen molar-refractivity contribution >= 4 is 0 Å². The van der Waals surface area contributed by atoms with Gasteiger partial charge in [-0.15, -0.1) is 0 Å². The third-order valence-electron chi connectivity index (χ3n) is 2.75. The lowest BCUT2D eigenvalue weighted by Crippen LogP contribution is -2.18. The molecule has 0 aliphatic heterocycles. The summed E-state index contributed by atoms with van der Waals surface area (Å²) in [6, 6.07) is 8.20. The van der Waals surface area contributed by atoms with Crippen LogP contribution < -0.4 is 10.1 Å². The molecule has 0 aliphatic carbocycles. The maximum absolute atomic E-state index is 5.13. The van der Waals surface area contributed by atoms with Gasteiger partial charge in [0, 0.05) is 13.0 Å². The molecule has 0 bridgehead atoms. The minimum absolute atomic E-state index is 0.217. The molecule has 0 amide bonds. The molecule has 0 aliphatic rings. The van der Waals surface area contributed by atoms with Crippen molar-refractivity contribution in [3.05, 3.63) is 41.5 Å². The molecule has 1 N–H and O–H groups in total. The number of nitrogens with zero attached hydrogens (tertiary/aromatic N) is 2. The van der Waals surface area contributed by atoms with Crippen molar-refractivity contribution in [2.75, 3.05) is 7.11 Å². The second-order valence-corrected chi connectivity index (χ2v) is 4.11. The van der Waals surface area contributed by atoms with Crippen molar-refractivity contribution in [2.45, 2.75) is 26.4 Å². The number of methoxy groups -OCH3 is 1. The molecule has 1 aromatic heterocycles. The van der Waals surface area contributed by atoms with Gasteiger partial charge in [-0.3, -0.25) is 0 Å². The predicted molar refractivity (Wildman–Crippen MR) is 67.3 cm³/mol. The Hall–Kier alpha value is -1.88. The topological polar surface area (TPSA) is 60.2 Å². The zero-order chi connectivity index (χ0) is 13.0. The average molecular weight is 247 g/mol. The Morgan fingerprint density at radius 2 is 2.06 bits per heavy atom. The summed E-state index contributed by atoms with van der Waals surface area (Å²) in [5, 5.41) is 7.18. The molecule has 0 fully saturated rings. The van der Waals surface area contributed by atoms with Crippen LogP contribution in [0.3, 0.4) is 0 Å². The van der Waals surface area contributed by atoms with Gasteiger partial charge >= 0.3 is 0 Å². The summed E-state index contributed by atoms with van der Waals surface area (Å²) < 4.78 is 10.0. The van der Waals surface area contributed by atoms with Crippen LogP contribution in [0.15, 0.2) is 28.8 Å². The normalized spacial score (nSPS) is 12.4. The van der Waals surface area contributed by atoms with Gasteiger partial charge in [0.25, 0.3) is 0 Å². The Balaban J connectivity index is 1.92. The monoisotopic (exact) mass is 247 g/mol. The number of hydrogen-bond donors (Lipinski definition) is 1. The highest BCUT2D eigenvalue weighted by atomic mass is 16.5. The highest BCUT2D eigenvalue weighted by Crippen LogP contribution is 2.17. The molecular formula is C13H17N3O2. The van der Waals surface area contributed by atoms with E-state index in [0.29, 0.717) is 18.3 Å². The first-order valence-electron chi connectivity index (χ1n) is 5.85. The standard InChI is InChI=1S/C13H17N3O2/c1-9(11-4-6-12(17-3)7-5-11)14-8-13-15-10(2)18-16-13/h4-7,9,14H,8H2,1-3H3/t9-/m1/s1. The number of hydrogen-bond acceptors (Lipinski definition) is 5. The first kappa shape index (κ1) is 12.6. The minimum atomic E-state index is 0.217. The molecule has 0 unspecified atom stereocenters. The molecule has 1 heterocycles. The van der Waals surface area contributed by atoms with Crippen LogP contribution >= 0.6 is 0 Å². The van der Waals surface area contributed by atoms with Crippen LogP contribution in [0.5, 0.6) is 5.75 Å². The van der Waals surface area contributed by atoms with E-state index in [1.54, 1.807) is 14.0 Å². The maximum Gasteiger partial charge on any atom is 0.223 e. The predicted octanol–water partition coefficient (Wildman–Crippen LogP) is 2.24. The molecule has 2 aromatic rings. The smallest absolute Gasteiger partial charge is 0.223 e. The Morgan fingerprint density at radius 1 is 1.33 bits per heavy atom. The van der Waals surface area contributed by atoms with Gasteiger partial charge in [-0.25, -0.2) is 0 Å². The van der Waals surface area contributed by atoms with E-state index >= 15 is 0 Å². The van der Waals surface area contributed by atoms with Crippen molar-refractivity contribution in [3.63, 3.8) is 0 Å². The highest BCUT2D eigenvalue weighted by molar-refractivity contribution is 5.28. The highest BCUT2D eigenvalue weighted by Gasteiger charge is 2.07. The Bertz CT molecular complexity index is 493. The number of rotatable bonds is 5. The Labute approximate surface area is 106 Å². The van der Waals surface area contributed by atoms with Crippen LogP contribution in [-0.2, 0) is 6.54 Å². The lowest BCUT2D eigenvalue weighted by molar-refractivity contribution is 0.384. The summed E-state index contributed by atoms with van der Waals surface area (Å²) in [5.41, 5.74) is 1.19. The molecule has 2 rings (SSSR count). The first-order chi connectivity index (χ1) is 8.69. The second-order valence-electron chi connectivity index (χ2n) is 4.11. The van der Waals surface area contributed by atoms with E-state index in [2.05, 4.69) is 22.4 Å². The molecule has 96 valence electrons. The van der Waals surface area contributed by atoms with Crippen molar-refractivity contribution in [2.24, 2.45) is 0 Å². The van der Waals surface area contributed by atoms with E-state index in [1.807, 2.05) is 24.3 Å². The fraction of sp³-hybridized carbons (Fsp3) is 0.385. The zero-order valence-corrected chi connectivity index (χ0v) is 10.8. The van der Waals surface area contributed by atoms with Gasteiger partial charge in [0.1, 0.15) is 5.75 Å². The molecule has 0 radical (unpaired) electrons. The van der Waals surface area contributed by atoms with Gasteiger partial charge in [0.05, 0.1) is 13.7 Å². The molecule has 1 aromatic carbocycles. The van der Waals surface area contributed by atoms with Gasteiger partial charge in [-0.05, 0) is 24.6 Å². The van der Waals surface area contributed by atoms with Crippen LogP contribution in [0.25, 0.3) is 0 Å². The van der Waals surface area contributed by atoms with Crippen molar-refractivity contribution < 1.29 is 9.26 Å². The summed E-state index contributed by atoms with van der Waals surface area (Å²) >= 11 is 0. The number of aryl methyl sites for hydroxylation is 1. The van der Waals surface area contributed by atoms with E-state index in [-0.39, 0.29) is 6.04 Å². The van der Waals surface area contributed by atoms with E-state index in [4.69, 9.17) is 9.26 Å². The van der Waals surface area contributed by atoms with Crippen LogP contribution in [0, 0.1) is 6.92 Å². The van der Waals surface area contributed by atoms with Crippen LogP contribution in [-0.4, -0.2) is 17.3 Å². The Morgan fingerprint density at radius 3 is 2.61 bits per heavy atom. The average Bonchev–Trinajstić information content (AvgIpc) is 2.82. The van der Waals surface area contributed by atoms with Crippen LogP contribution in [0.4, 0.5) is 0 Å². The maximum atomic E-state index is 5.13. The summed E-state index contributed by atoms with van der Waals surface area (Å²) in [6.07, 6.45) is 0. The first-order valence-corrected chi connectivity index (χ1v) is 5.85. The van der Waals surface area contributed by atoms with Crippen molar-refractivity contribution in [1.29, 1.82) is 0 Å². The quantitative estimate of drug-likeness (QED) is 0.878. The fourth-order valence-electron chi connectivity index (χ4n) is 1.67. The van der Waals surface area contributed by atoms with Crippen LogP contribution in [0.1, 0.15) is 30.2 Å². The van der Waals surface area contributed by atoms with Crippen LogP contribution in [0.2, 0.25) is 0 Å². The van der Waals surface area contributed by atoms with Gasteiger partial charge in [0.2, 0.25) is 5.89 Å². The van der Waals surface area contributed by atoms with E-state index in [0.717, 1.165) is 5.75 Å². The molecular weight excluding hydrogens is 230 g/mol. The second kappa shape index (κ2) is 5.64. The fourth-order valence-corrected chi connectivity index (χ4v) is 1.67. The summed E-state index contributed by atoms with van der Waals surface area (Å²) in [4.78, 5) is 4.14. The van der Waals surface area contributed by atoms with Crippen molar-refractivity contribution in [1.82, 2.24) is 15.5 Å². The molecule has 5 nitrogen and oxygen atoms in total. The molecule has 0 saturated heterocycles. The van der Waals surface area contributed by atoms with E-state index < -0.39 is 0 Å². The summed E-state index contributed by atoms with van der Waals surface area (Å²) in [5.74, 6) is 2.12. The molecule has 1 atom stereocenters. The van der Waals surface area contributed by atoms with Gasteiger partial charge in [-0.2, -0.15) is 4.98 Å². The molecule has 0 spiro atoms. The lowest BCUT2D eigenvalue weighted by Gasteiger charge is -2.13. The summed E-state index contributed by atoms with van der Waals surface area (Å²) in [6.45, 7) is 4.46. The third kappa shape index (κ3) is 3.07. The number of aromatic nitrogens is 2. The minimum Gasteiger partial charge on any atom is -0.497 e. The SMILES string of the molecule is COc1ccc([C@@H](C)NCc2noc(C)n2)cc1. The van der Waals surface area contributed by atoms with Gasteiger partial charge < -0.3 is 14.6 Å². The summed E-state index contributed by atoms with van der Waals surface area (Å²) in [7, 11) is 1.66. The van der Waals surface area contributed by atoms with Gasteiger partial charge in [0.15, 0.2) is 5.82 Å². The number of nitrogens with one attached hydrogen (secondary N) is 1. The zero-order valence-electron chi connectivity index (χ0n) is 10.8. The third-order valence-corrected chi connectivity index (χ3v) is 2.75. The largest absolute Gasteiger partial charge is 0.497 e.